The lowest BCUT2D eigenvalue weighted by atomic mass is 9.95. The van der Waals surface area contributed by atoms with Gasteiger partial charge in [0.1, 0.15) is 0 Å². The molecule has 2 aliphatic carbocycles. The van der Waals surface area contributed by atoms with Gasteiger partial charge in [0.2, 0.25) is 0 Å². The highest BCUT2D eigenvalue weighted by atomic mass is 19.4. The van der Waals surface area contributed by atoms with Crippen molar-refractivity contribution >= 4 is 0 Å². The smallest absolute Gasteiger partial charge is 0.254 e. The molecule has 0 saturated heterocycles. The van der Waals surface area contributed by atoms with E-state index >= 15 is 0 Å². The number of hydrogen-bond donors (Lipinski definition) is 0. The Hall–Kier alpha value is -1.92. The zero-order valence-corrected chi connectivity index (χ0v) is 13.9. The molecule has 0 spiro atoms. The van der Waals surface area contributed by atoms with Gasteiger partial charge in [-0.2, -0.15) is 28.5 Å². The Morgan fingerprint density at radius 1 is 1.08 bits per heavy atom. The summed E-state index contributed by atoms with van der Waals surface area (Å²) in [4.78, 5) is 0. The maximum absolute atomic E-state index is 13.7. The molecule has 0 radical (unpaired) electrons. The third-order valence-electron chi connectivity index (χ3n) is 5.06. The number of halogens is 3. The van der Waals surface area contributed by atoms with Gasteiger partial charge < -0.3 is 0 Å². The topological polar surface area (TPSA) is 43.6 Å². The average Bonchev–Trinajstić information content (AvgIpc) is 3.19. The average molecular weight is 336 g/mol. The van der Waals surface area contributed by atoms with Crippen molar-refractivity contribution in [1.29, 1.82) is 0 Å². The second kappa shape index (κ2) is 4.80. The van der Waals surface area contributed by atoms with E-state index in [4.69, 9.17) is 0 Å². The number of fused-ring (bicyclic) bond motifs is 5. The molecule has 4 nitrogen and oxygen atoms in total. The van der Waals surface area contributed by atoms with E-state index in [1.165, 1.54) is 6.20 Å². The second-order valence-electron chi connectivity index (χ2n) is 7.76. The van der Waals surface area contributed by atoms with E-state index in [1.807, 2.05) is 0 Å². The summed E-state index contributed by atoms with van der Waals surface area (Å²) >= 11 is 0. The first-order valence-corrected chi connectivity index (χ1v) is 8.20. The molecule has 1 saturated carbocycles. The van der Waals surface area contributed by atoms with Crippen molar-refractivity contribution < 1.29 is 13.2 Å². The van der Waals surface area contributed by atoms with E-state index in [9.17, 15) is 13.2 Å². The number of alkyl halides is 3. The first-order chi connectivity index (χ1) is 11.2. The van der Waals surface area contributed by atoms with Gasteiger partial charge in [-0.15, -0.1) is 0 Å². The molecule has 7 heteroatoms. The fourth-order valence-corrected chi connectivity index (χ4v) is 4.02. The summed E-state index contributed by atoms with van der Waals surface area (Å²) in [5.74, 6) is 0.859. The van der Waals surface area contributed by atoms with Crippen molar-refractivity contribution in [3.05, 3.63) is 29.2 Å². The predicted molar refractivity (Wildman–Crippen MR) is 82.6 cm³/mol. The summed E-state index contributed by atoms with van der Waals surface area (Å²) in [6.45, 7) is 5.10. The van der Waals surface area contributed by atoms with Crippen LogP contribution in [-0.2, 0) is 11.7 Å². The first kappa shape index (κ1) is 15.6. The molecule has 2 bridgehead atoms. The minimum absolute atomic E-state index is 0.00972. The molecular weight excluding hydrogens is 317 g/mol. The monoisotopic (exact) mass is 336 g/mol. The minimum atomic E-state index is -4.50. The number of rotatable bonds is 1. The van der Waals surface area contributed by atoms with Gasteiger partial charge in [0.25, 0.3) is 0 Å². The van der Waals surface area contributed by atoms with E-state index in [-0.39, 0.29) is 11.3 Å². The summed E-state index contributed by atoms with van der Waals surface area (Å²) in [5.41, 5.74) is 0.804. The Labute approximate surface area is 138 Å². The number of aromatic nitrogens is 4. The van der Waals surface area contributed by atoms with Crippen LogP contribution in [0.15, 0.2) is 12.3 Å². The van der Waals surface area contributed by atoms with Crippen molar-refractivity contribution in [3.63, 3.8) is 0 Å². The van der Waals surface area contributed by atoms with Crippen LogP contribution in [0, 0.1) is 0 Å². The van der Waals surface area contributed by atoms with Gasteiger partial charge >= 0.3 is 6.18 Å². The van der Waals surface area contributed by atoms with Crippen LogP contribution < -0.4 is 0 Å². The van der Waals surface area contributed by atoms with Crippen LogP contribution in [0.1, 0.15) is 68.8 Å². The molecule has 2 atom stereocenters. The molecule has 1 fully saturated rings. The normalized spacial score (nSPS) is 22.9. The van der Waals surface area contributed by atoms with Gasteiger partial charge in [-0.1, -0.05) is 0 Å². The zero-order chi connectivity index (χ0) is 17.3. The molecule has 24 heavy (non-hydrogen) atoms. The van der Waals surface area contributed by atoms with Gasteiger partial charge in [-0.05, 0) is 57.6 Å². The Balaban J connectivity index is 1.86. The lowest BCUT2D eigenvalue weighted by Gasteiger charge is -2.24. The summed E-state index contributed by atoms with van der Waals surface area (Å²) in [6.07, 6.45) is 0.0228. The van der Waals surface area contributed by atoms with Crippen LogP contribution in [0.4, 0.5) is 13.2 Å². The summed E-state index contributed by atoms with van der Waals surface area (Å²) in [7, 11) is 0. The van der Waals surface area contributed by atoms with Crippen molar-refractivity contribution in [1.82, 2.24) is 20.0 Å². The molecular formula is C17H19F3N4. The van der Waals surface area contributed by atoms with Crippen LogP contribution in [0.3, 0.4) is 0 Å². The maximum atomic E-state index is 13.7. The Bertz CT molecular complexity index is 801. The number of hydrogen-bond acceptors (Lipinski definition) is 3. The number of nitrogens with zero attached hydrogens (tertiary/aromatic N) is 4. The highest BCUT2D eigenvalue weighted by molar-refractivity contribution is 5.63. The fraction of sp³-hybridized carbons (Fsp3) is 0.588. The molecule has 2 aromatic rings. The third-order valence-corrected chi connectivity index (χ3v) is 5.06. The summed E-state index contributed by atoms with van der Waals surface area (Å²) in [5, 5.41) is 12.4. The van der Waals surface area contributed by atoms with E-state index < -0.39 is 17.4 Å². The van der Waals surface area contributed by atoms with Crippen molar-refractivity contribution in [2.45, 2.75) is 63.6 Å². The van der Waals surface area contributed by atoms with Crippen LogP contribution in [0.5, 0.6) is 0 Å². The largest absolute Gasteiger partial charge is 0.433 e. The zero-order valence-electron chi connectivity index (χ0n) is 13.9. The van der Waals surface area contributed by atoms with Gasteiger partial charge in [0, 0.05) is 5.92 Å². The molecule has 2 aliphatic rings. The van der Waals surface area contributed by atoms with Crippen molar-refractivity contribution in [2.75, 3.05) is 0 Å². The van der Waals surface area contributed by atoms with E-state index in [2.05, 4.69) is 15.3 Å². The second-order valence-corrected chi connectivity index (χ2v) is 7.76. The van der Waals surface area contributed by atoms with Crippen LogP contribution in [-0.4, -0.2) is 20.0 Å². The molecule has 4 rings (SSSR count). The lowest BCUT2D eigenvalue weighted by molar-refractivity contribution is -0.145. The van der Waals surface area contributed by atoms with Crippen LogP contribution in [0.2, 0.25) is 0 Å². The molecule has 128 valence electrons. The fourth-order valence-electron chi connectivity index (χ4n) is 4.02. The SMILES string of the molecule is CC(C)(C)n1ncc(-c2cc3c(nn2)C2CCC3C2)c1C(F)(F)F. The van der Waals surface area contributed by atoms with Gasteiger partial charge in [0.15, 0.2) is 5.69 Å². The Morgan fingerprint density at radius 3 is 2.46 bits per heavy atom. The molecule has 0 aliphatic heterocycles. The molecule has 2 heterocycles. The first-order valence-electron chi connectivity index (χ1n) is 8.20. The standard InChI is InChI=1S/C17H19F3N4/c1-16(2,3)24-15(17(18,19)20)12(8-21-24)13-7-11-9-4-5-10(6-9)14(11)23-22-13/h7-10H,4-6H2,1-3H3. The Kier molecular flexibility index (Phi) is 3.12. The lowest BCUT2D eigenvalue weighted by Crippen LogP contribution is -2.29. The van der Waals surface area contributed by atoms with Gasteiger partial charge in [-0.3, -0.25) is 4.68 Å². The van der Waals surface area contributed by atoms with E-state index in [1.54, 1.807) is 26.8 Å². The van der Waals surface area contributed by atoms with E-state index in [0.29, 0.717) is 11.8 Å². The third kappa shape index (κ3) is 2.24. The molecule has 0 amide bonds. The summed E-state index contributed by atoms with van der Waals surface area (Å²) < 4.78 is 42.1. The van der Waals surface area contributed by atoms with Crippen LogP contribution in [0.25, 0.3) is 11.3 Å². The van der Waals surface area contributed by atoms with Crippen molar-refractivity contribution in [2.24, 2.45) is 0 Å². The van der Waals surface area contributed by atoms with Gasteiger partial charge in [-0.25, -0.2) is 0 Å². The van der Waals surface area contributed by atoms with Crippen molar-refractivity contribution in [3.8, 4) is 11.3 Å². The predicted octanol–water partition coefficient (Wildman–Crippen LogP) is 4.48. The van der Waals surface area contributed by atoms with Crippen LogP contribution >= 0.6 is 0 Å². The van der Waals surface area contributed by atoms with E-state index in [0.717, 1.165) is 35.2 Å². The molecule has 0 N–H and O–H groups in total. The molecule has 2 unspecified atom stereocenters. The summed E-state index contributed by atoms with van der Waals surface area (Å²) in [6, 6.07) is 1.80. The highest BCUT2D eigenvalue weighted by Gasteiger charge is 2.43. The highest BCUT2D eigenvalue weighted by Crippen LogP contribution is 2.52. The quantitative estimate of drug-likeness (QED) is 0.771. The maximum Gasteiger partial charge on any atom is 0.433 e. The molecule has 2 aromatic heterocycles. The molecule has 0 aromatic carbocycles. The Morgan fingerprint density at radius 2 is 1.79 bits per heavy atom. The minimum Gasteiger partial charge on any atom is -0.254 e. The van der Waals surface area contributed by atoms with Gasteiger partial charge in [0.05, 0.1) is 28.7 Å².